The molecule has 4 aromatic rings. The minimum atomic E-state index is -0.212. The van der Waals surface area contributed by atoms with Crippen molar-refractivity contribution in [3.05, 3.63) is 76.4 Å². The average Bonchev–Trinajstić information content (AvgIpc) is 2.90. The van der Waals surface area contributed by atoms with E-state index < -0.39 is 0 Å². The third-order valence-corrected chi connectivity index (χ3v) is 4.87. The van der Waals surface area contributed by atoms with Gasteiger partial charge >= 0.3 is 4.87 Å². The summed E-state index contributed by atoms with van der Waals surface area (Å²) in [6.45, 7) is 0.00960. The molecule has 24 heavy (non-hydrogen) atoms. The predicted molar refractivity (Wildman–Crippen MR) is 98.7 cm³/mol. The molecule has 4 nitrogen and oxygen atoms in total. The number of nitrogens with zero attached hydrogens (tertiary/aromatic N) is 1. The number of amides is 1. The van der Waals surface area contributed by atoms with E-state index in [1.54, 1.807) is 0 Å². The van der Waals surface area contributed by atoms with Gasteiger partial charge in [-0.1, -0.05) is 53.8 Å². The van der Waals surface area contributed by atoms with Crippen LogP contribution in [0.25, 0.3) is 21.0 Å². The minimum absolute atomic E-state index is 0.00960. The quantitative estimate of drug-likeness (QED) is 0.618. The number of rotatable bonds is 3. The summed E-state index contributed by atoms with van der Waals surface area (Å²) in [5.41, 5.74) is 1.52. The standard InChI is InChI=1S/C19H14N2O2S/c22-18(12-21-16-7-3-4-8-17(16)24-19(21)23)20-15-10-9-13-5-1-2-6-14(13)11-15/h1-11H,12H2,(H,20,22). The van der Waals surface area contributed by atoms with Gasteiger partial charge in [0.15, 0.2) is 0 Å². The van der Waals surface area contributed by atoms with Crippen LogP contribution in [0.15, 0.2) is 71.5 Å². The van der Waals surface area contributed by atoms with E-state index in [9.17, 15) is 9.59 Å². The van der Waals surface area contributed by atoms with Crippen molar-refractivity contribution >= 4 is 43.9 Å². The van der Waals surface area contributed by atoms with E-state index in [1.807, 2.05) is 66.7 Å². The lowest BCUT2D eigenvalue weighted by Gasteiger charge is -2.07. The lowest BCUT2D eigenvalue weighted by Crippen LogP contribution is -2.24. The Balaban J connectivity index is 1.59. The Morgan fingerprint density at radius 1 is 0.958 bits per heavy atom. The van der Waals surface area contributed by atoms with Crippen molar-refractivity contribution in [2.75, 3.05) is 5.32 Å². The molecule has 3 aromatic carbocycles. The smallest absolute Gasteiger partial charge is 0.308 e. The molecule has 1 heterocycles. The molecule has 5 heteroatoms. The van der Waals surface area contributed by atoms with Crippen molar-refractivity contribution in [3.63, 3.8) is 0 Å². The molecule has 0 saturated carbocycles. The van der Waals surface area contributed by atoms with Crippen LogP contribution in [-0.4, -0.2) is 10.5 Å². The summed E-state index contributed by atoms with van der Waals surface area (Å²) < 4.78 is 2.40. The summed E-state index contributed by atoms with van der Waals surface area (Å²) in [5, 5.41) is 5.05. The zero-order chi connectivity index (χ0) is 16.5. The van der Waals surface area contributed by atoms with Crippen LogP contribution in [0, 0.1) is 0 Å². The Kier molecular flexibility index (Phi) is 3.63. The largest absolute Gasteiger partial charge is 0.325 e. The molecule has 0 fully saturated rings. The van der Waals surface area contributed by atoms with Gasteiger partial charge in [0, 0.05) is 5.69 Å². The van der Waals surface area contributed by atoms with Gasteiger partial charge in [0.25, 0.3) is 0 Å². The molecule has 0 bridgehead atoms. The number of benzene rings is 3. The first-order valence-corrected chi connectivity index (χ1v) is 8.39. The van der Waals surface area contributed by atoms with E-state index in [2.05, 4.69) is 5.32 Å². The molecule has 0 aliphatic rings. The highest BCUT2D eigenvalue weighted by Crippen LogP contribution is 2.19. The van der Waals surface area contributed by atoms with Crippen LogP contribution in [0.2, 0.25) is 0 Å². The molecule has 0 aliphatic carbocycles. The summed E-state index contributed by atoms with van der Waals surface area (Å²) in [7, 11) is 0. The number of fused-ring (bicyclic) bond motifs is 2. The number of aromatic nitrogens is 1. The average molecular weight is 334 g/mol. The lowest BCUT2D eigenvalue weighted by molar-refractivity contribution is -0.116. The van der Waals surface area contributed by atoms with Crippen LogP contribution in [-0.2, 0) is 11.3 Å². The molecule has 1 N–H and O–H groups in total. The van der Waals surface area contributed by atoms with Crippen LogP contribution < -0.4 is 10.2 Å². The van der Waals surface area contributed by atoms with Crippen molar-refractivity contribution < 1.29 is 4.79 Å². The molecule has 0 saturated heterocycles. The molecule has 0 atom stereocenters. The number of para-hydroxylation sites is 1. The molecule has 0 unspecified atom stereocenters. The second-order valence-electron chi connectivity index (χ2n) is 5.53. The fourth-order valence-electron chi connectivity index (χ4n) is 2.77. The monoisotopic (exact) mass is 334 g/mol. The highest BCUT2D eigenvalue weighted by molar-refractivity contribution is 7.16. The van der Waals surface area contributed by atoms with Crippen molar-refractivity contribution in [3.8, 4) is 0 Å². The first-order chi connectivity index (χ1) is 11.7. The number of anilines is 1. The van der Waals surface area contributed by atoms with Crippen LogP contribution in [0.3, 0.4) is 0 Å². The molecule has 1 amide bonds. The van der Waals surface area contributed by atoms with E-state index in [0.29, 0.717) is 0 Å². The summed E-state index contributed by atoms with van der Waals surface area (Å²) in [6, 6.07) is 21.2. The van der Waals surface area contributed by atoms with Gasteiger partial charge in [-0.15, -0.1) is 0 Å². The summed E-state index contributed by atoms with van der Waals surface area (Å²) in [5.74, 6) is -0.212. The minimum Gasteiger partial charge on any atom is -0.325 e. The van der Waals surface area contributed by atoms with Gasteiger partial charge in [-0.2, -0.15) is 0 Å². The fraction of sp³-hybridized carbons (Fsp3) is 0.0526. The Morgan fingerprint density at radius 2 is 1.71 bits per heavy atom. The van der Waals surface area contributed by atoms with Crippen LogP contribution in [0.4, 0.5) is 5.69 Å². The number of hydrogen-bond donors (Lipinski definition) is 1. The zero-order valence-corrected chi connectivity index (χ0v) is 13.5. The molecule has 4 rings (SSSR count). The molecule has 1 aromatic heterocycles. The maximum absolute atomic E-state index is 12.3. The topological polar surface area (TPSA) is 51.1 Å². The highest BCUT2D eigenvalue weighted by Gasteiger charge is 2.11. The van der Waals surface area contributed by atoms with Crippen LogP contribution in [0.5, 0.6) is 0 Å². The van der Waals surface area contributed by atoms with Gasteiger partial charge in [-0.3, -0.25) is 14.2 Å². The number of carbonyl (C=O) groups excluding carboxylic acids is 1. The van der Waals surface area contributed by atoms with E-state index in [4.69, 9.17) is 0 Å². The lowest BCUT2D eigenvalue weighted by atomic mass is 10.1. The Labute approximate surface area is 142 Å². The molecule has 0 radical (unpaired) electrons. The van der Waals surface area contributed by atoms with Gasteiger partial charge in [0.1, 0.15) is 6.54 Å². The summed E-state index contributed by atoms with van der Waals surface area (Å²) in [6.07, 6.45) is 0. The number of hydrogen-bond acceptors (Lipinski definition) is 3. The Morgan fingerprint density at radius 3 is 2.58 bits per heavy atom. The van der Waals surface area contributed by atoms with Crippen molar-refractivity contribution in [2.45, 2.75) is 6.54 Å². The predicted octanol–water partition coefficient (Wildman–Crippen LogP) is 3.85. The van der Waals surface area contributed by atoms with Crippen molar-refractivity contribution in [1.29, 1.82) is 0 Å². The third-order valence-electron chi connectivity index (χ3n) is 3.91. The van der Waals surface area contributed by atoms with E-state index in [-0.39, 0.29) is 17.3 Å². The van der Waals surface area contributed by atoms with Gasteiger partial charge in [-0.25, -0.2) is 0 Å². The van der Waals surface area contributed by atoms with Gasteiger partial charge in [-0.05, 0) is 35.0 Å². The fourth-order valence-corrected chi connectivity index (χ4v) is 3.67. The molecule has 118 valence electrons. The SMILES string of the molecule is O=C(Cn1c(=O)sc2ccccc21)Nc1ccc2ccccc2c1. The molecular weight excluding hydrogens is 320 g/mol. The second kappa shape index (κ2) is 5.94. The van der Waals surface area contributed by atoms with Gasteiger partial charge in [0.2, 0.25) is 5.91 Å². The van der Waals surface area contributed by atoms with Crippen LogP contribution >= 0.6 is 11.3 Å². The van der Waals surface area contributed by atoms with Gasteiger partial charge < -0.3 is 5.32 Å². The Bertz CT molecular complexity index is 1110. The van der Waals surface area contributed by atoms with E-state index >= 15 is 0 Å². The maximum atomic E-state index is 12.3. The normalized spacial score (nSPS) is 11.0. The van der Waals surface area contributed by atoms with E-state index in [1.165, 1.54) is 4.57 Å². The number of thiazole rings is 1. The number of nitrogens with one attached hydrogen (secondary N) is 1. The summed E-state index contributed by atoms with van der Waals surface area (Å²) in [4.78, 5) is 24.3. The Hall–Kier alpha value is -2.92. The van der Waals surface area contributed by atoms with E-state index in [0.717, 1.165) is 38.0 Å². The number of carbonyl (C=O) groups is 1. The molecule has 0 spiro atoms. The first-order valence-electron chi connectivity index (χ1n) is 7.58. The zero-order valence-electron chi connectivity index (χ0n) is 12.7. The van der Waals surface area contributed by atoms with Crippen molar-refractivity contribution in [1.82, 2.24) is 4.57 Å². The maximum Gasteiger partial charge on any atom is 0.308 e. The summed E-state index contributed by atoms with van der Waals surface area (Å²) >= 11 is 1.16. The molecular formula is C19H14N2O2S. The van der Waals surface area contributed by atoms with Crippen LogP contribution in [0.1, 0.15) is 0 Å². The first kappa shape index (κ1) is 14.7. The molecule has 0 aliphatic heterocycles. The third kappa shape index (κ3) is 2.70. The van der Waals surface area contributed by atoms with Gasteiger partial charge in [0.05, 0.1) is 10.2 Å². The second-order valence-corrected chi connectivity index (χ2v) is 6.53. The van der Waals surface area contributed by atoms with Crippen molar-refractivity contribution in [2.24, 2.45) is 0 Å². The highest BCUT2D eigenvalue weighted by atomic mass is 32.1.